The van der Waals surface area contributed by atoms with Crippen LogP contribution < -0.4 is 0 Å². The second-order valence-electron chi connectivity index (χ2n) is 5.46. The van der Waals surface area contributed by atoms with Crippen molar-refractivity contribution in [3.8, 4) is 17.2 Å². The van der Waals surface area contributed by atoms with Gasteiger partial charge in [-0.25, -0.2) is 0 Å². The Morgan fingerprint density at radius 3 is 3.00 bits per heavy atom. The summed E-state index contributed by atoms with van der Waals surface area (Å²) in [6.07, 6.45) is 4.08. The van der Waals surface area contributed by atoms with Crippen LogP contribution in [0.4, 0.5) is 0 Å². The Morgan fingerprint density at radius 1 is 1.33 bits per heavy atom. The molecule has 1 fully saturated rings. The summed E-state index contributed by atoms with van der Waals surface area (Å²) < 4.78 is 5.32. The van der Waals surface area contributed by atoms with E-state index in [0.717, 1.165) is 26.1 Å². The third-order valence-electron chi connectivity index (χ3n) is 3.84. The first-order chi connectivity index (χ1) is 10.1. The summed E-state index contributed by atoms with van der Waals surface area (Å²) in [5.41, 5.74) is 0.508. The molecule has 3 rings (SSSR count). The Balaban J connectivity index is 1.89. The Morgan fingerprint density at radius 2 is 2.19 bits per heavy atom. The molecule has 0 spiro atoms. The predicted octanol–water partition coefficient (Wildman–Crippen LogP) is 1.15. The van der Waals surface area contributed by atoms with Gasteiger partial charge in [0.25, 0.3) is 5.89 Å². The third kappa shape index (κ3) is 2.88. The highest BCUT2D eigenvalue weighted by Gasteiger charge is 2.27. The van der Waals surface area contributed by atoms with E-state index in [4.69, 9.17) is 4.52 Å². The average molecular weight is 289 g/mol. The smallest absolute Gasteiger partial charge is 0.261 e. The summed E-state index contributed by atoms with van der Waals surface area (Å²) in [6.45, 7) is 2.92. The molecule has 3 heterocycles. The van der Waals surface area contributed by atoms with Crippen molar-refractivity contribution >= 4 is 0 Å². The minimum absolute atomic E-state index is 0.0408. The fraction of sp³-hybridized carbons (Fsp3) is 0.500. The summed E-state index contributed by atoms with van der Waals surface area (Å²) >= 11 is 0. The van der Waals surface area contributed by atoms with Crippen LogP contribution in [0.5, 0.6) is 5.75 Å². The zero-order valence-electron chi connectivity index (χ0n) is 12.2. The first-order valence-electron chi connectivity index (χ1n) is 7.01. The first kappa shape index (κ1) is 14.0. The monoisotopic (exact) mass is 289 g/mol. The molecule has 0 bridgehead atoms. The van der Waals surface area contributed by atoms with E-state index in [9.17, 15) is 5.11 Å². The van der Waals surface area contributed by atoms with Crippen LogP contribution in [0.2, 0.25) is 0 Å². The fourth-order valence-electron chi connectivity index (χ4n) is 2.60. The van der Waals surface area contributed by atoms with Crippen molar-refractivity contribution < 1.29 is 9.63 Å². The molecule has 1 unspecified atom stereocenters. The van der Waals surface area contributed by atoms with Gasteiger partial charge in [-0.2, -0.15) is 4.98 Å². The largest absolute Gasteiger partial charge is 0.505 e. The maximum absolute atomic E-state index is 9.81. The Hall–Kier alpha value is -1.99. The molecular weight excluding hydrogens is 270 g/mol. The molecule has 21 heavy (non-hydrogen) atoms. The van der Waals surface area contributed by atoms with Crippen LogP contribution in [0.25, 0.3) is 11.5 Å². The number of nitrogens with zero attached hydrogens (tertiary/aromatic N) is 5. The predicted molar refractivity (Wildman–Crippen MR) is 76.7 cm³/mol. The van der Waals surface area contributed by atoms with Crippen LogP contribution in [0, 0.1) is 0 Å². The maximum atomic E-state index is 9.81. The van der Waals surface area contributed by atoms with Gasteiger partial charge in [-0.05, 0) is 39.7 Å². The highest BCUT2D eigenvalue weighted by molar-refractivity contribution is 5.60. The lowest BCUT2D eigenvalue weighted by atomic mass is 10.2. The summed E-state index contributed by atoms with van der Waals surface area (Å²) in [6, 6.07) is 1.76. The Labute approximate surface area is 123 Å². The number of rotatable bonds is 2. The van der Waals surface area contributed by atoms with E-state index in [0.29, 0.717) is 17.3 Å². The van der Waals surface area contributed by atoms with Gasteiger partial charge in [0.2, 0.25) is 0 Å². The molecule has 1 atom stereocenters. The normalized spacial score (nSPS) is 21.3. The highest BCUT2D eigenvalue weighted by atomic mass is 16.5. The summed E-state index contributed by atoms with van der Waals surface area (Å²) in [4.78, 5) is 12.8. The van der Waals surface area contributed by atoms with E-state index in [1.807, 2.05) is 0 Å². The van der Waals surface area contributed by atoms with Crippen LogP contribution in [0.1, 0.15) is 18.3 Å². The lowest BCUT2D eigenvalue weighted by Crippen LogP contribution is -2.31. The van der Waals surface area contributed by atoms with Gasteiger partial charge in [0.15, 0.2) is 5.82 Å². The van der Waals surface area contributed by atoms with E-state index in [1.165, 1.54) is 6.20 Å². The van der Waals surface area contributed by atoms with Gasteiger partial charge in [0, 0.05) is 12.7 Å². The molecule has 0 radical (unpaired) electrons. The first-order valence-corrected chi connectivity index (χ1v) is 7.01. The molecule has 2 aromatic heterocycles. The topological polar surface area (TPSA) is 78.5 Å². The van der Waals surface area contributed by atoms with Crippen molar-refractivity contribution in [2.75, 3.05) is 33.7 Å². The summed E-state index contributed by atoms with van der Waals surface area (Å²) in [5.74, 6) is 1.02. The van der Waals surface area contributed by atoms with E-state index in [-0.39, 0.29) is 11.8 Å². The van der Waals surface area contributed by atoms with Crippen molar-refractivity contribution in [1.29, 1.82) is 0 Å². The molecule has 1 N–H and O–H groups in total. The number of hydrogen-bond acceptors (Lipinski definition) is 7. The number of aromatic hydroxyl groups is 1. The average Bonchev–Trinajstić information content (AvgIpc) is 2.88. The molecule has 0 saturated carbocycles. The van der Waals surface area contributed by atoms with Crippen molar-refractivity contribution in [2.24, 2.45) is 0 Å². The lowest BCUT2D eigenvalue weighted by Gasteiger charge is -2.24. The molecule has 1 saturated heterocycles. The highest BCUT2D eigenvalue weighted by Crippen LogP contribution is 2.28. The van der Waals surface area contributed by atoms with Crippen molar-refractivity contribution in [3.05, 3.63) is 24.3 Å². The standard InChI is InChI=1S/C14H19N5O2/c1-18-6-3-7-19(2)11(9-18)13-16-14(21-17-13)10-4-5-15-8-12(10)20/h4-5,8,11,20H,3,6-7,9H2,1-2H3. The van der Waals surface area contributed by atoms with Gasteiger partial charge in [-0.1, -0.05) is 5.16 Å². The molecule has 1 aliphatic rings. The van der Waals surface area contributed by atoms with Crippen LogP contribution in [-0.4, -0.2) is 63.8 Å². The quantitative estimate of drug-likeness (QED) is 0.888. The second kappa shape index (κ2) is 5.79. The van der Waals surface area contributed by atoms with Crippen LogP contribution >= 0.6 is 0 Å². The van der Waals surface area contributed by atoms with Crippen LogP contribution in [-0.2, 0) is 0 Å². The van der Waals surface area contributed by atoms with Gasteiger partial charge < -0.3 is 14.5 Å². The van der Waals surface area contributed by atoms with E-state index >= 15 is 0 Å². The Bertz CT molecular complexity index is 615. The number of likely N-dealkylation sites (N-methyl/N-ethyl adjacent to an activating group) is 2. The molecule has 2 aromatic rings. The minimum Gasteiger partial charge on any atom is -0.505 e. The zero-order valence-corrected chi connectivity index (χ0v) is 12.2. The number of pyridine rings is 1. The van der Waals surface area contributed by atoms with Crippen molar-refractivity contribution in [1.82, 2.24) is 24.9 Å². The van der Waals surface area contributed by atoms with Gasteiger partial charge in [-0.3, -0.25) is 9.88 Å². The van der Waals surface area contributed by atoms with E-state index < -0.39 is 0 Å². The fourth-order valence-corrected chi connectivity index (χ4v) is 2.60. The molecule has 0 aliphatic carbocycles. The van der Waals surface area contributed by atoms with Crippen molar-refractivity contribution in [2.45, 2.75) is 12.5 Å². The number of aromatic nitrogens is 3. The molecule has 112 valence electrons. The van der Waals surface area contributed by atoms with E-state index in [1.54, 1.807) is 12.3 Å². The molecule has 0 aromatic carbocycles. The molecule has 0 amide bonds. The minimum atomic E-state index is 0.0408. The van der Waals surface area contributed by atoms with Gasteiger partial charge in [-0.15, -0.1) is 0 Å². The van der Waals surface area contributed by atoms with Gasteiger partial charge >= 0.3 is 0 Å². The van der Waals surface area contributed by atoms with Crippen LogP contribution in [0.3, 0.4) is 0 Å². The van der Waals surface area contributed by atoms with Crippen LogP contribution in [0.15, 0.2) is 23.0 Å². The molecular formula is C14H19N5O2. The third-order valence-corrected chi connectivity index (χ3v) is 3.84. The lowest BCUT2D eigenvalue weighted by molar-refractivity contribution is 0.215. The summed E-state index contributed by atoms with van der Waals surface area (Å²) in [5, 5.41) is 13.9. The SMILES string of the molecule is CN1CCCN(C)C(c2noc(-c3ccncc3O)n2)C1. The maximum Gasteiger partial charge on any atom is 0.261 e. The molecule has 7 heteroatoms. The van der Waals surface area contributed by atoms with Crippen molar-refractivity contribution in [3.63, 3.8) is 0 Å². The number of hydrogen-bond donors (Lipinski definition) is 1. The molecule has 7 nitrogen and oxygen atoms in total. The Kier molecular flexibility index (Phi) is 3.85. The summed E-state index contributed by atoms with van der Waals surface area (Å²) in [7, 11) is 4.17. The second-order valence-corrected chi connectivity index (χ2v) is 5.46. The van der Waals surface area contributed by atoms with E-state index in [2.05, 4.69) is 39.0 Å². The van der Waals surface area contributed by atoms with Gasteiger partial charge in [0.05, 0.1) is 17.8 Å². The van der Waals surface area contributed by atoms with Gasteiger partial charge in [0.1, 0.15) is 5.75 Å². The molecule has 1 aliphatic heterocycles. The zero-order chi connectivity index (χ0) is 14.8.